The molecule has 20 heavy (non-hydrogen) atoms. The molecular formula is C14H16F3NO2. The molecule has 1 aliphatic heterocycles. The van der Waals surface area contributed by atoms with Crippen LogP contribution in [0.4, 0.5) is 18.9 Å². The van der Waals surface area contributed by atoms with Crippen molar-refractivity contribution in [3.8, 4) is 0 Å². The van der Waals surface area contributed by atoms with E-state index in [4.69, 9.17) is 5.11 Å². The first-order valence-electron chi connectivity index (χ1n) is 6.48. The van der Waals surface area contributed by atoms with Crippen molar-refractivity contribution < 1.29 is 23.1 Å². The molecule has 1 heterocycles. The van der Waals surface area contributed by atoms with E-state index in [1.807, 2.05) is 0 Å². The molecular weight excluding hydrogens is 271 g/mol. The SMILES string of the molecule is O=C(O)Cc1cccc(N2CCCC(C(F)(F)F)C2)c1. The quantitative estimate of drug-likeness (QED) is 0.928. The third-order valence-electron chi connectivity index (χ3n) is 3.52. The average Bonchev–Trinajstić information content (AvgIpc) is 2.37. The Balaban J connectivity index is 2.12. The van der Waals surface area contributed by atoms with Crippen molar-refractivity contribution in [3.05, 3.63) is 29.8 Å². The number of aliphatic carboxylic acids is 1. The molecule has 0 bridgehead atoms. The van der Waals surface area contributed by atoms with Gasteiger partial charge in [-0.1, -0.05) is 12.1 Å². The van der Waals surface area contributed by atoms with Crippen molar-refractivity contribution >= 4 is 11.7 Å². The molecule has 0 spiro atoms. The lowest BCUT2D eigenvalue weighted by atomic mass is 9.96. The Morgan fingerprint density at radius 3 is 2.80 bits per heavy atom. The number of piperidine rings is 1. The van der Waals surface area contributed by atoms with Gasteiger partial charge in [0, 0.05) is 18.8 Å². The summed E-state index contributed by atoms with van der Waals surface area (Å²) in [5.41, 5.74) is 1.27. The summed E-state index contributed by atoms with van der Waals surface area (Å²) in [6.45, 7) is 0.517. The van der Waals surface area contributed by atoms with E-state index >= 15 is 0 Å². The van der Waals surface area contributed by atoms with Crippen LogP contribution in [0.5, 0.6) is 0 Å². The lowest BCUT2D eigenvalue weighted by Gasteiger charge is -2.35. The van der Waals surface area contributed by atoms with Crippen LogP contribution in [0.1, 0.15) is 18.4 Å². The van der Waals surface area contributed by atoms with Crippen LogP contribution in [0, 0.1) is 5.92 Å². The van der Waals surface area contributed by atoms with Crippen LogP contribution in [0.15, 0.2) is 24.3 Å². The van der Waals surface area contributed by atoms with Gasteiger partial charge in [-0.15, -0.1) is 0 Å². The molecule has 2 rings (SSSR count). The van der Waals surface area contributed by atoms with Crippen LogP contribution >= 0.6 is 0 Å². The van der Waals surface area contributed by atoms with Crippen LogP contribution in [0.3, 0.4) is 0 Å². The molecule has 0 aliphatic carbocycles. The summed E-state index contributed by atoms with van der Waals surface area (Å²) < 4.78 is 38.3. The molecule has 0 amide bonds. The molecule has 0 radical (unpaired) electrons. The number of rotatable bonds is 3. The highest BCUT2D eigenvalue weighted by atomic mass is 19.4. The summed E-state index contributed by atoms with van der Waals surface area (Å²) in [7, 11) is 0. The number of nitrogens with zero attached hydrogens (tertiary/aromatic N) is 1. The second-order valence-electron chi connectivity index (χ2n) is 5.07. The molecule has 110 valence electrons. The lowest BCUT2D eigenvalue weighted by Crippen LogP contribution is -2.41. The molecule has 0 aromatic heterocycles. The zero-order valence-corrected chi connectivity index (χ0v) is 10.9. The van der Waals surface area contributed by atoms with E-state index in [1.54, 1.807) is 29.2 Å². The predicted molar refractivity (Wildman–Crippen MR) is 68.8 cm³/mol. The molecule has 1 N–H and O–H groups in total. The second kappa shape index (κ2) is 5.73. The Kier molecular flexibility index (Phi) is 4.20. The van der Waals surface area contributed by atoms with Crippen molar-refractivity contribution in [2.24, 2.45) is 5.92 Å². The molecule has 1 unspecified atom stereocenters. The van der Waals surface area contributed by atoms with Crippen molar-refractivity contribution in [1.82, 2.24) is 0 Å². The van der Waals surface area contributed by atoms with Crippen LogP contribution < -0.4 is 4.90 Å². The van der Waals surface area contributed by atoms with Crippen molar-refractivity contribution in [1.29, 1.82) is 0 Å². The molecule has 3 nitrogen and oxygen atoms in total. The Bertz CT molecular complexity index is 488. The third-order valence-corrected chi connectivity index (χ3v) is 3.52. The number of benzene rings is 1. The summed E-state index contributed by atoms with van der Waals surface area (Å²) in [5.74, 6) is -2.26. The Morgan fingerprint density at radius 2 is 2.15 bits per heavy atom. The maximum atomic E-state index is 12.8. The molecule has 1 fully saturated rings. The largest absolute Gasteiger partial charge is 0.481 e. The highest BCUT2D eigenvalue weighted by molar-refractivity contribution is 5.70. The Morgan fingerprint density at radius 1 is 1.40 bits per heavy atom. The average molecular weight is 287 g/mol. The summed E-state index contributed by atoms with van der Waals surface area (Å²) in [5, 5.41) is 8.75. The number of hydrogen-bond acceptors (Lipinski definition) is 2. The molecule has 1 aliphatic rings. The first-order valence-corrected chi connectivity index (χ1v) is 6.48. The summed E-state index contributed by atoms with van der Waals surface area (Å²) in [4.78, 5) is 12.4. The molecule has 6 heteroatoms. The van der Waals surface area contributed by atoms with Gasteiger partial charge in [-0.3, -0.25) is 4.79 Å². The van der Waals surface area contributed by atoms with E-state index in [0.29, 0.717) is 24.2 Å². The van der Waals surface area contributed by atoms with E-state index in [2.05, 4.69) is 0 Å². The minimum Gasteiger partial charge on any atom is -0.481 e. The summed E-state index contributed by atoms with van der Waals surface area (Å²) in [6.07, 6.45) is -3.64. The first-order chi connectivity index (χ1) is 9.36. The fraction of sp³-hybridized carbons (Fsp3) is 0.500. The number of halogens is 3. The number of carboxylic acids is 1. The van der Waals surface area contributed by atoms with E-state index in [9.17, 15) is 18.0 Å². The van der Waals surface area contributed by atoms with Gasteiger partial charge >= 0.3 is 12.1 Å². The third kappa shape index (κ3) is 3.65. The molecule has 1 aromatic rings. The molecule has 1 atom stereocenters. The predicted octanol–water partition coefficient (Wildman–Crippen LogP) is 3.09. The lowest BCUT2D eigenvalue weighted by molar-refractivity contribution is -0.176. The standard InChI is InChI=1S/C14H16F3NO2/c15-14(16,17)11-4-2-6-18(9-11)12-5-1-3-10(7-12)8-13(19)20/h1,3,5,7,11H,2,4,6,8-9H2,(H,19,20). The fourth-order valence-corrected chi connectivity index (χ4v) is 2.52. The number of anilines is 1. The van der Waals surface area contributed by atoms with E-state index in [0.717, 1.165) is 0 Å². The van der Waals surface area contributed by atoms with Crippen molar-refractivity contribution in [2.45, 2.75) is 25.4 Å². The highest BCUT2D eigenvalue weighted by Crippen LogP contribution is 2.34. The maximum absolute atomic E-state index is 12.8. The van der Waals surface area contributed by atoms with E-state index in [-0.39, 0.29) is 19.4 Å². The summed E-state index contributed by atoms with van der Waals surface area (Å²) in [6, 6.07) is 6.74. The smallest absolute Gasteiger partial charge is 0.393 e. The van der Waals surface area contributed by atoms with Crippen molar-refractivity contribution in [2.75, 3.05) is 18.0 Å². The minimum atomic E-state index is -4.17. The Labute approximate surface area is 115 Å². The van der Waals surface area contributed by atoms with Crippen LogP contribution in [-0.4, -0.2) is 30.3 Å². The van der Waals surface area contributed by atoms with Gasteiger partial charge in [-0.05, 0) is 30.5 Å². The molecule has 1 saturated heterocycles. The molecule has 0 saturated carbocycles. The first kappa shape index (κ1) is 14.7. The van der Waals surface area contributed by atoms with Gasteiger partial charge in [0.15, 0.2) is 0 Å². The van der Waals surface area contributed by atoms with E-state index in [1.165, 1.54) is 0 Å². The van der Waals surface area contributed by atoms with Gasteiger partial charge in [-0.2, -0.15) is 13.2 Å². The van der Waals surface area contributed by atoms with Crippen molar-refractivity contribution in [3.63, 3.8) is 0 Å². The number of hydrogen-bond donors (Lipinski definition) is 1. The van der Waals surface area contributed by atoms with Gasteiger partial charge in [0.25, 0.3) is 0 Å². The fourth-order valence-electron chi connectivity index (χ4n) is 2.52. The van der Waals surface area contributed by atoms with E-state index < -0.39 is 18.1 Å². The zero-order chi connectivity index (χ0) is 14.8. The number of carbonyl (C=O) groups is 1. The number of carboxylic acid groups (broad SMARTS) is 1. The second-order valence-corrected chi connectivity index (χ2v) is 5.07. The van der Waals surface area contributed by atoms with Gasteiger partial charge in [0.1, 0.15) is 0 Å². The van der Waals surface area contributed by atoms with Crippen LogP contribution in [0.2, 0.25) is 0 Å². The topological polar surface area (TPSA) is 40.5 Å². The summed E-state index contributed by atoms with van der Waals surface area (Å²) >= 11 is 0. The van der Waals surface area contributed by atoms with Crippen LogP contribution in [0.25, 0.3) is 0 Å². The zero-order valence-electron chi connectivity index (χ0n) is 10.9. The van der Waals surface area contributed by atoms with Gasteiger partial charge in [0.2, 0.25) is 0 Å². The van der Waals surface area contributed by atoms with Crippen LogP contribution in [-0.2, 0) is 11.2 Å². The molecule has 1 aromatic carbocycles. The monoisotopic (exact) mass is 287 g/mol. The van der Waals surface area contributed by atoms with Gasteiger partial charge in [0.05, 0.1) is 12.3 Å². The van der Waals surface area contributed by atoms with Gasteiger partial charge < -0.3 is 10.0 Å². The number of alkyl halides is 3. The highest BCUT2D eigenvalue weighted by Gasteiger charge is 2.41. The minimum absolute atomic E-state index is 0.0555. The maximum Gasteiger partial charge on any atom is 0.393 e. The van der Waals surface area contributed by atoms with Gasteiger partial charge in [-0.25, -0.2) is 0 Å². The normalized spacial score (nSPS) is 19.9. The Hall–Kier alpha value is -1.72.